The standard InChI is InChI=1S/C22H25NO3.ClH/c24-13-12-23(15-18-6-2-1-3-7-18)16-21(25)17-26-22-11-10-19-8-4-5-9-20(19)14-22;/h1-11,14,21,24-25H,12-13,15-17H2;1H. The summed E-state index contributed by atoms with van der Waals surface area (Å²) in [5.41, 5.74) is 1.16. The summed E-state index contributed by atoms with van der Waals surface area (Å²) < 4.78 is 5.77. The summed E-state index contributed by atoms with van der Waals surface area (Å²) >= 11 is 0. The maximum atomic E-state index is 10.4. The highest BCUT2D eigenvalue weighted by Crippen LogP contribution is 2.20. The average molecular weight is 388 g/mol. The van der Waals surface area contributed by atoms with Crippen LogP contribution in [0.1, 0.15) is 5.56 Å². The molecule has 3 aromatic rings. The van der Waals surface area contributed by atoms with Crippen molar-refractivity contribution >= 4 is 23.2 Å². The Hall–Kier alpha value is -2.11. The van der Waals surface area contributed by atoms with Crippen LogP contribution in [0.15, 0.2) is 72.8 Å². The monoisotopic (exact) mass is 387 g/mol. The first-order chi connectivity index (χ1) is 12.7. The summed E-state index contributed by atoms with van der Waals surface area (Å²) in [6.07, 6.45) is -0.628. The van der Waals surface area contributed by atoms with Crippen molar-refractivity contribution in [1.82, 2.24) is 4.90 Å². The number of fused-ring (bicyclic) bond motifs is 1. The minimum absolute atomic E-state index is 0. The van der Waals surface area contributed by atoms with E-state index in [-0.39, 0.29) is 25.6 Å². The molecular formula is C22H26ClNO3. The van der Waals surface area contributed by atoms with Gasteiger partial charge in [-0.25, -0.2) is 0 Å². The molecule has 1 atom stereocenters. The van der Waals surface area contributed by atoms with Crippen molar-refractivity contribution in [3.8, 4) is 5.75 Å². The van der Waals surface area contributed by atoms with Crippen molar-refractivity contribution in [1.29, 1.82) is 0 Å². The quantitative estimate of drug-likeness (QED) is 0.590. The summed E-state index contributed by atoms with van der Waals surface area (Å²) in [6, 6.07) is 24.1. The number of halogens is 1. The van der Waals surface area contributed by atoms with E-state index in [1.165, 1.54) is 0 Å². The van der Waals surface area contributed by atoms with E-state index in [1.54, 1.807) is 0 Å². The number of nitrogens with zero attached hydrogens (tertiary/aromatic N) is 1. The molecule has 0 aliphatic carbocycles. The molecular weight excluding hydrogens is 362 g/mol. The first-order valence-corrected chi connectivity index (χ1v) is 8.91. The molecule has 0 amide bonds. The van der Waals surface area contributed by atoms with Gasteiger partial charge >= 0.3 is 0 Å². The van der Waals surface area contributed by atoms with Gasteiger partial charge in [0.2, 0.25) is 0 Å². The molecule has 27 heavy (non-hydrogen) atoms. The smallest absolute Gasteiger partial charge is 0.120 e. The van der Waals surface area contributed by atoms with Gasteiger partial charge in [-0.05, 0) is 28.5 Å². The second kappa shape index (κ2) is 10.9. The number of rotatable bonds is 9. The molecule has 4 nitrogen and oxygen atoms in total. The van der Waals surface area contributed by atoms with Crippen molar-refractivity contribution < 1.29 is 14.9 Å². The van der Waals surface area contributed by atoms with E-state index in [1.807, 2.05) is 71.6 Å². The van der Waals surface area contributed by atoms with Crippen molar-refractivity contribution in [3.63, 3.8) is 0 Å². The highest BCUT2D eigenvalue weighted by Gasteiger charge is 2.13. The molecule has 0 saturated carbocycles. The lowest BCUT2D eigenvalue weighted by molar-refractivity contribution is 0.0590. The molecule has 144 valence electrons. The normalized spacial score (nSPS) is 12.0. The van der Waals surface area contributed by atoms with Crippen molar-refractivity contribution in [2.75, 3.05) is 26.3 Å². The topological polar surface area (TPSA) is 52.9 Å². The minimum atomic E-state index is -0.628. The molecule has 0 saturated heterocycles. The van der Waals surface area contributed by atoms with Gasteiger partial charge in [-0.1, -0.05) is 60.7 Å². The van der Waals surface area contributed by atoms with Crippen LogP contribution in [0, 0.1) is 0 Å². The SMILES string of the molecule is Cl.OCCN(Cc1ccccc1)CC(O)COc1ccc2ccccc2c1. The van der Waals surface area contributed by atoms with Gasteiger partial charge in [-0.2, -0.15) is 0 Å². The highest BCUT2D eigenvalue weighted by molar-refractivity contribution is 5.85. The fourth-order valence-electron chi connectivity index (χ4n) is 3.02. The Morgan fingerprint density at radius 2 is 1.59 bits per heavy atom. The molecule has 5 heteroatoms. The van der Waals surface area contributed by atoms with Crippen LogP contribution in [-0.2, 0) is 6.54 Å². The molecule has 0 heterocycles. The number of hydrogen-bond acceptors (Lipinski definition) is 4. The van der Waals surface area contributed by atoms with Crippen LogP contribution in [0.3, 0.4) is 0 Å². The maximum absolute atomic E-state index is 10.4. The van der Waals surface area contributed by atoms with Gasteiger partial charge in [-0.3, -0.25) is 4.90 Å². The number of aliphatic hydroxyl groups excluding tert-OH is 2. The van der Waals surface area contributed by atoms with E-state index in [0.717, 1.165) is 22.1 Å². The third kappa shape index (κ3) is 6.52. The number of hydrogen-bond donors (Lipinski definition) is 2. The predicted octanol–water partition coefficient (Wildman–Crippen LogP) is 3.50. The van der Waals surface area contributed by atoms with E-state index in [4.69, 9.17) is 4.74 Å². The summed E-state index contributed by atoms with van der Waals surface area (Å²) in [6.45, 7) is 1.93. The second-order valence-corrected chi connectivity index (χ2v) is 6.42. The zero-order chi connectivity index (χ0) is 18.2. The van der Waals surface area contributed by atoms with E-state index in [9.17, 15) is 10.2 Å². The average Bonchev–Trinajstić information content (AvgIpc) is 2.67. The number of ether oxygens (including phenoxy) is 1. The molecule has 0 aliphatic heterocycles. The molecule has 3 aromatic carbocycles. The van der Waals surface area contributed by atoms with Crippen LogP contribution >= 0.6 is 12.4 Å². The Labute approximate surface area is 166 Å². The van der Waals surface area contributed by atoms with E-state index >= 15 is 0 Å². The van der Waals surface area contributed by atoms with Gasteiger partial charge in [0, 0.05) is 19.6 Å². The first kappa shape index (κ1) is 21.2. The predicted molar refractivity (Wildman–Crippen MR) is 112 cm³/mol. The largest absolute Gasteiger partial charge is 0.491 e. The van der Waals surface area contributed by atoms with Crippen LogP contribution in [-0.4, -0.2) is 47.5 Å². The van der Waals surface area contributed by atoms with E-state index in [2.05, 4.69) is 6.07 Å². The van der Waals surface area contributed by atoms with Gasteiger partial charge in [0.05, 0.1) is 6.61 Å². The Balaban J connectivity index is 0.00000261. The molecule has 0 aliphatic rings. The van der Waals surface area contributed by atoms with Gasteiger partial charge in [0.25, 0.3) is 0 Å². The van der Waals surface area contributed by atoms with Crippen LogP contribution in [0.5, 0.6) is 5.75 Å². The summed E-state index contributed by atoms with van der Waals surface area (Å²) in [5.74, 6) is 0.750. The van der Waals surface area contributed by atoms with E-state index < -0.39 is 6.10 Å². The first-order valence-electron chi connectivity index (χ1n) is 8.91. The fraction of sp³-hybridized carbons (Fsp3) is 0.273. The second-order valence-electron chi connectivity index (χ2n) is 6.42. The zero-order valence-electron chi connectivity index (χ0n) is 15.2. The molecule has 0 spiro atoms. The summed E-state index contributed by atoms with van der Waals surface area (Å²) in [7, 11) is 0. The van der Waals surface area contributed by atoms with Gasteiger partial charge in [0.15, 0.2) is 0 Å². The van der Waals surface area contributed by atoms with Gasteiger partial charge in [0.1, 0.15) is 18.5 Å². The molecule has 0 aromatic heterocycles. The number of aliphatic hydroxyl groups is 2. The molecule has 2 N–H and O–H groups in total. The lowest BCUT2D eigenvalue weighted by Gasteiger charge is -2.24. The molecule has 0 radical (unpaired) electrons. The van der Waals surface area contributed by atoms with Crippen LogP contribution in [0.2, 0.25) is 0 Å². The molecule has 3 rings (SSSR count). The number of benzene rings is 3. The third-order valence-electron chi connectivity index (χ3n) is 4.30. The molecule has 1 unspecified atom stereocenters. The Bertz CT molecular complexity index is 813. The molecule has 0 bridgehead atoms. The Morgan fingerprint density at radius 1 is 0.889 bits per heavy atom. The maximum Gasteiger partial charge on any atom is 0.120 e. The lowest BCUT2D eigenvalue weighted by Crippen LogP contribution is -2.37. The van der Waals surface area contributed by atoms with Crippen molar-refractivity contribution in [2.45, 2.75) is 12.6 Å². The molecule has 0 fully saturated rings. The Morgan fingerprint density at radius 3 is 2.33 bits per heavy atom. The van der Waals surface area contributed by atoms with Crippen LogP contribution in [0.25, 0.3) is 10.8 Å². The minimum Gasteiger partial charge on any atom is -0.491 e. The fourth-order valence-corrected chi connectivity index (χ4v) is 3.02. The van der Waals surface area contributed by atoms with Gasteiger partial charge in [-0.15, -0.1) is 12.4 Å². The Kier molecular flexibility index (Phi) is 8.55. The summed E-state index contributed by atoms with van der Waals surface area (Å²) in [5, 5.41) is 21.9. The lowest BCUT2D eigenvalue weighted by atomic mass is 10.1. The van der Waals surface area contributed by atoms with Crippen LogP contribution in [0.4, 0.5) is 0 Å². The van der Waals surface area contributed by atoms with Crippen LogP contribution < -0.4 is 4.74 Å². The van der Waals surface area contributed by atoms with Crippen molar-refractivity contribution in [2.24, 2.45) is 0 Å². The highest BCUT2D eigenvalue weighted by atomic mass is 35.5. The van der Waals surface area contributed by atoms with E-state index in [0.29, 0.717) is 19.6 Å². The summed E-state index contributed by atoms with van der Waals surface area (Å²) in [4.78, 5) is 2.03. The van der Waals surface area contributed by atoms with Gasteiger partial charge < -0.3 is 14.9 Å². The van der Waals surface area contributed by atoms with Crippen molar-refractivity contribution in [3.05, 3.63) is 78.4 Å². The zero-order valence-corrected chi connectivity index (χ0v) is 16.0. The third-order valence-corrected chi connectivity index (χ3v) is 4.30.